The number of esters is 1. The van der Waals surface area contributed by atoms with Gasteiger partial charge in [-0.2, -0.15) is 4.31 Å². The molecule has 0 spiro atoms. The Morgan fingerprint density at radius 2 is 1.53 bits per heavy atom. The second kappa shape index (κ2) is 9.88. The quantitative estimate of drug-likeness (QED) is 0.327. The lowest BCUT2D eigenvalue weighted by molar-refractivity contribution is -0.137. The van der Waals surface area contributed by atoms with Gasteiger partial charge in [0.25, 0.3) is 11.8 Å². The Morgan fingerprint density at radius 1 is 0.969 bits per heavy atom. The molecule has 168 valence electrons. The Labute approximate surface area is 187 Å². The molecule has 2 aromatic carbocycles. The molecule has 0 aliphatic carbocycles. The van der Waals surface area contributed by atoms with E-state index in [2.05, 4.69) is 0 Å². The standard InChI is InChI=1S/C23H24N2O6S/c1-3-24(4-2)32(29,30)18-12-9-17(10-13-18)11-14-21(26)31-16-15-25-22(27)19-7-5-6-8-20(19)23(25)28/h5-14H,3-4,15-16H2,1-2H3/b14-11+. The van der Waals surface area contributed by atoms with E-state index in [0.717, 1.165) is 4.90 Å². The Balaban J connectivity index is 1.53. The molecule has 9 heteroatoms. The van der Waals surface area contributed by atoms with E-state index in [-0.39, 0.29) is 18.0 Å². The molecule has 0 saturated carbocycles. The summed E-state index contributed by atoms with van der Waals surface area (Å²) in [5.41, 5.74) is 1.31. The van der Waals surface area contributed by atoms with Crippen molar-refractivity contribution in [1.29, 1.82) is 0 Å². The summed E-state index contributed by atoms with van der Waals surface area (Å²) in [6, 6.07) is 12.7. The number of benzene rings is 2. The molecule has 1 aliphatic rings. The van der Waals surface area contributed by atoms with E-state index in [1.54, 1.807) is 50.2 Å². The number of imide groups is 1. The van der Waals surface area contributed by atoms with Gasteiger partial charge in [-0.15, -0.1) is 0 Å². The highest BCUT2D eigenvalue weighted by Crippen LogP contribution is 2.22. The third-order valence-electron chi connectivity index (χ3n) is 5.07. The van der Waals surface area contributed by atoms with E-state index in [9.17, 15) is 22.8 Å². The summed E-state index contributed by atoms with van der Waals surface area (Å²) in [5, 5.41) is 0. The molecular weight excluding hydrogens is 432 g/mol. The minimum Gasteiger partial charge on any atom is -0.461 e. The van der Waals surface area contributed by atoms with Crippen LogP contribution in [0, 0.1) is 0 Å². The first-order chi connectivity index (χ1) is 15.3. The van der Waals surface area contributed by atoms with Gasteiger partial charge in [-0.3, -0.25) is 14.5 Å². The van der Waals surface area contributed by atoms with Crippen LogP contribution in [0.25, 0.3) is 6.08 Å². The fourth-order valence-corrected chi connectivity index (χ4v) is 4.81. The number of carbonyl (C=O) groups excluding carboxylic acids is 3. The monoisotopic (exact) mass is 456 g/mol. The number of carbonyl (C=O) groups is 3. The van der Waals surface area contributed by atoms with Crippen LogP contribution in [0.2, 0.25) is 0 Å². The number of sulfonamides is 1. The Kier molecular flexibility index (Phi) is 7.22. The van der Waals surface area contributed by atoms with Gasteiger partial charge in [0.15, 0.2) is 0 Å². The predicted octanol–water partition coefficient (Wildman–Crippen LogP) is 2.57. The molecule has 1 heterocycles. The van der Waals surface area contributed by atoms with Crippen LogP contribution in [0.3, 0.4) is 0 Å². The van der Waals surface area contributed by atoms with Crippen molar-refractivity contribution in [3.05, 3.63) is 71.3 Å². The summed E-state index contributed by atoms with van der Waals surface area (Å²) in [5.74, 6) is -1.45. The molecule has 8 nitrogen and oxygen atoms in total. The van der Waals surface area contributed by atoms with Gasteiger partial charge >= 0.3 is 5.97 Å². The van der Waals surface area contributed by atoms with Gasteiger partial charge < -0.3 is 4.74 Å². The molecular formula is C23H24N2O6S. The Hall–Kier alpha value is -3.30. The maximum absolute atomic E-state index is 12.5. The average molecular weight is 457 g/mol. The molecule has 0 radical (unpaired) electrons. The van der Waals surface area contributed by atoms with Crippen molar-refractivity contribution in [1.82, 2.24) is 9.21 Å². The highest BCUT2D eigenvalue weighted by molar-refractivity contribution is 7.89. The lowest BCUT2D eigenvalue weighted by Crippen LogP contribution is -2.33. The lowest BCUT2D eigenvalue weighted by Gasteiger charge is -2.18. The van der Waals surface area contributed by atoms with Gasteiger partial charge in [-0.05, 0) is 35.9 Å². The highest BCUT2D eigenvalue weighted by atomic mass is 32.2. The smallest absolute Gasteiger partial charge is 0.330 e. The fraction of sp³-hybridized carbons (Fsp3) is 0.261. The molecule has 2 aromatic rings. The zero-order chi connectivity index (χ0) is 23.3. The third kappa shape index (κ3) is 4.79. The summed E-state index contributed by atoms with van der Waals surface area (Å²) in [7, 11) is -3.54. The first-order valence-corrected chi connectivity index (χ1v) is 11.6. The van der Waals surface area contributed by atoms with Gasteiger partial charge in [0.2, 0.25) is 10.0 Å². The lowest BCUT2D eigenvalue weighted by atomic mass is 10.1. The van der Waals surface area contributed by atoms with E-state index in [1.165, 1.54) is 28.6 Å². The van der Waals surface area contributed by atoms with Crippen LogP contribution in [0.1, 0.15) is 40.1 Å². The largest absolute Gasteiger partial charge is 0.461 e. The molecule has 0 N–H and O–H groups in total. The zero-order valence-electron chi connectivity index (χ0n) is 17.9. The molecule has 32 heavy (non-hydrogen) atoms. The van der Waals surface area contributed by atoms with Gasteiger partial charge in [0.1, 0.15) is 6.61 Å². The van der Waals surface area contributed by atoms with Crippen molar-refractivity contribution in [2.75, 3.05) is 26.2 Å². The van der Waals surface area contributed by atoms with E-state index >= 15 is 0 Å². The van der Waals surface area contributed by atoms with E-state index in [4.69, 9.17) is 4.74 Å². The van der Waals surface area contributed by atoms with Gasteiger partial charge in [0, 0.05) is 19.2 Å². The van der Waals surface area contributed by atoms with Crippen molar-refractivity contribution >= 4 is 33.9 Å². The number of nitrogens with zero attached hydrogens (tertiary/aromatic N) is 2. The summed E-state index contributed by atoms with van der Waals surface area (Å²) in [6.45, 7) is 4.15. The topological polar surface area (TPSA) is 101 Å². The predicted molar refractivity (Wildman–Crippen MR) is 118 cm³/mol. The normalized spacial score (nSPS) is 13.8. The molecule has 0 aromatic heterocycles. The van der Waals surface area contributed by atoms with Crippen molar-refractivity contribution in [2.45, 2.75) is 18.7 Å². The van der Waals surface area contributed by atoms with Gasteiger partial charge in [0.05, 0.1) is 22.6 Å². The summed E-state index contributed by atoms with van der Waals surface area (Å²) >= 11 is 0. The van der Waals surface area contributed by atoms with Gasteiger partial charge in [-0.25, -0.2) is 13.2 Å². The van der Waals surface area contributed by atoms with Crippen LogP contribution < -0.4 is 0 Å². The number of rotatable bonds is 9. The van der Waals surface area contributed by atoms with Gasteiger partial charge in [-0.1, -0.05) is 38.1 Å². The molecule has 1 aliphatic heterocycles. The Bertz CT molecular complexity index is 1120. The maximum atomic E-state index is 12.5. The zero-order valence-corrected chi connectivity index (χ0v) is 18.7. The summed E-state index contributed by atoms with van der Waals surface area (Å²) < 4.78 is 31.4. The van der Waals surface area contributed by atoms with Crippen LogP contribution in [-0.2, 0) is 19.6 Å². The number of hydrogen-bond acceptors (Lipinski definition) is 6. The first kappa shape index (κ1) is 23.4. The van der Waals surface area contributed by atoms with E-state index in [1.807, 2.05) is 0 Å². The van der Waals surface area contributed by atoms with E-state index < -0.39 is 27.8 Å². The first-order valence-electron chi connectivity index (χ1n) is 10.2. The highest BCUT2D eigenvalue weighted by Gasteiger charge is 2.34. The van der Waals surface area contributed by atoms with E-state index in [0.29, 0.717) is 29.8 Å². The van der Waals surface area contributed by atoms with Crippen LogP contribution in [0.5, 0.6) is 0 Å². The fourth-order valence-electron chi connectivity index (χ4n) is 3.36. The molecule has 0 saturated heterocycles. The number of amides is 2. The van der Waals surface area contributed by atoms with Crippen LogP contribution in [0.4, 0.5) is 0 Å². The van der Waals surface area contributed by atoms with Crippen LogP contribution >= 0.6 is 0 Å². The third-order valence-corrected chi connectivity index (χ3v) is 7.14. The molecule has 0 atom stereocenters. The molecule has 0 unspecified atom stereocenters. The second-order valence-electron chi connectivity index (χ2n) is 6.97. The minimum absolute atomic E-state index is 0.0379. The molecule has 2 amide bonds. The molecule has 0 fully saturated rings. The van der Waals surface area contributed by atoms with Crippen molar-refractivity contribution in [3.8, 4) is 0 Å². The average Bonchev–Trinajstić information content (AvgIpc) is 3.03. The summed E-state index contributed by atoms with van der Waals surface area (Å²) in [6.07, 6.45) is 2.70. The van der Waals surface area contributed by atoms with Crippen molar-refractivity contribution in [2.24, 2.45) is 0 Å². The maximum Gasteiger partial charge on any atom is 0.330 e. The molecule has 0 bridgehead atoms. The SMILES string of the molecule is CCN(CC)S(=O)(=O)c1ccc(/C=C/C(=O)OCCN2C(=O)c3ccccc3C2=O)cc1. The van der Waals surface area contributed by atoms with Crippen LogP contribution in [0.15, 0.2) is 59.5 Å². The van der Waals surface area contributed by atoms with Crippen LogP contribution in [-0.4, -0.2) is 61.6 Å². The van der Waals surface area contributed by atoms with Crippen molar-refractivity contribution in [3.63, 3.8) is 0 Å². The molecule has 3 rings (SSSR count). The number of hydrogen-bond donors (Lipinski definition) is 0. The summed E-state index contributed by atoms with van der Waals surface area (Å²) in [4.78, 5) is 37.8. The second-order valence-corrected chi connectivity index (χ2v) is 8.90. The number of fused-ring (bicyclic) bond motifs is 1. The number of ether oxygens (including phenoxy) is 1. The minimum atomic E-state index is -3.54. The Morgan fingerprint density at radius 3 is 2.06 bits per heavy atom. The van der Waals surface area contributed by atoms with Crippen molar-refractivity contribution < 1.29 is 27.5 Å².